The van der Waals surface area contributed by atoms with E-state index in [1.54, 1.807) is 14.2 Å². The number of fused-ring (bicyclic) bond motifs is 1. The van der Waals surface area contributed by atoms with Crippen LogP contribution in [0.3, 0.4) is 0 Å². The SMILES string of the molecule is CCCCCCCCC(O)c1ccc2c(OC)ccc(OC)c2c1. The molecule has 2 aromatic rings. The number of aliphatic hydroxyl groups is 1. The van der Waals surface area contributed by atoms with E-state index in [-0.39, 0.29) is 0 Å². The monoisotopic (exact) mass is 330 g/mol. The Bertz CT molecular complexity index is 636. The van der Waals surface area contributed by atoms with E-state index in [9.17, 15) is 5.11 Å². The van der Waals surface area contributed by atoms with Gasteiger partial charge < -0.3 is 14.6 Å². The predicted molar refractivity (Wildman–Crippen MR) is 100 cm³/mol. The highest BCUT2D eigenvalue weighted by atomic mass is 16.5. The van der Waals surface area contributed by atoms with Crippen molar-refractivity contribution >= 4 is 10.8 Å². The fourth-order valence-electron chi connectivity index (χ4n) is 3.16. The average molecular weight is 330 g/mol. The molecule has 3 heteroatoms. The Hall–Kier alpha value is -1.74. The standard InChI is InChI=1S/C21H30O3/c1-4-5-6-7-8-9-10-19(22)16-11-12-17-18(15-16)21(24-3)14-13-20(17)23-2/h11-15,19,22H,4-10H2,1-3H3. The summed E-state index contributed by atoms with van der Waals surface area (Å²) in [6.07, 6.45) is 7.81. The van der Waals surface area contributed by atoms with Gasteiger partial charge in [0.15, 0.2) is 0 Å². The Morgan fingerprint density at radius 3 is 2.12 bits per heavy atom. The maximum absolute atomic E-state index is 10.5. The second-order valence-corrected chi connectivity index (χ2v) is 6.35. The second kappa shape index (κ2) is 9.53. The van der Waals surface area contributed by atoms with Gasteiger partial charge in [0.25, 0.3) is 0 Å². The van der Waals surface area contributed by atoms with E-state index >= 15 is 0 Å². The summed E-state index contributed by atoms with van der Waals surface area (Å²) in [6, 6.07) is 9.85. The van der Waals surface area contributed by atoms with E-state index in [1.165, 1.54) is 32.1 Å². The molecule has 3 nitrogen and oxygen atoms in total. The second-order valence-electron chi connectivity index (χ2n) is 6.35. The smallest absolute Gasteiger partial charge is 0.126 e. The Morgan fingerprint density at radius 2 is 1.46 bits per heavy atom. The zero-order valence-electron chi connectivity index (χ0n) is 15.2. The molecule has 0 amide bonds. The first-order chi connectivity index (χ1) is 11.7. The fourth-order valence-corrected chi connectivity index (χ4v) is 3.16. The van der Waals surface area contributed by atoms with Gasteiger partial charge in [-0.1, -0.05) is 57.6 Å². The maximum Gasteiger partial charge on any atom is 0.126 e. The molecule has 2 rings (SSSR count). The van der Waals surface area contributed by atoms with Gasteiger partial charge in [-0.25, -0.2) is 0 Å². The molecule has 1 unspecified atom stereocenters. The zero-order valence-corrected chi connectivity index (χ0v) is 15.2. The molecule has 0 aliphatic rings. The van der Waals surface area contributed by atoms with E-state index in [0.717, 1.165) is 40.7 Å². The number of unbranched alkanes of at least 4 members (excludes halogenated alkanes) is 5. The molecule has 1 atom stereocenters. The highest BCUT2D eigenvalue weighted by Gasteiger charge is 2.12. The highest BCUT2D eigenvalue weighted by molar-refractivity contribution is 5.93. The Labute approximate surface area is 145 Å². The van der Waals surface area contributed by atoms with Crippen molar-refractivity contribution in [3.05, 3.63) is 35.9 Å². The lowest BCUT2D eigenvalue weighted by atomic mass is 9.98. The van der Waals surface area contributed by atoms with Crippen LogP contribution in [-0.4, -0.2) is 19.3 Å². The molecular weight excluding hydrogens is 300 g/mol. The summed E-state index contributed by atoms with van der Waals surface area (Å²) in [6.45, 7) is 2.23. The molecule has 0 aromatic heterocycles. The zero-order chi connectivity index (χ0) is 17.4. The number of hydrogen-bond donors (Lipinski definition) is 1. The van der Waals surface area contributed by atoms with E-state index in [1.807, 2.05) is 30.3 Å². The molecule has 0 saturated heterocycles. The fraction of sp³-hybridized carbons (Fsp3) is 0.524. The number of aliphatic hydroxyl groups excluding tert-OH is 1. The van der Waals surface area contributed by atoms with Crippen LogP contribution in [0.15, 0.2) is 30.3 Å². The predicted octanol–water partition coefficient (Wildman–Crippen LogP) is 5.64. The van der Waals surface area contributed by atoms with Gasteiger partial charge in [-0.05, 0) is 30.2 Å². The molecule has 0 aliphatic heterocycles. The minimum absolute atomic E-state index is 0.420. The van der Waals surface area contributed by atoms with Crippen LogP contribution in [0.4, 0.5) is 0 Å². The summed E-state index contributed by atoms with van der Waals surface area (Å²) >= 11 is 0. The van der Waals surface area contributed by atoms with Crippen LogP contribution in [-0.2, 0) is 0 Å². The van der Waals surface area contributed by atoms with Crippen molar-refractivity contribution in [2.45, 2.75) is 58.0 Å². The molecule has 2 aromatic carbocycles. The van der Waals surface area contributed by atoms with Crippen molar-refractivity contribution < 1.29 is 14.6 Å². The highest BCUT2D eigenvalue weighted by Crippen LogP contribution is 2.35. The summed E-state index contributed by atoms with van der Waals surface area (Å²) in [5.41, 5.74) is 0.947. The minimum Gasteiger partial charge on any atom is -0.496 e. The molecule has 0 saturated carbocycles. The first-order valence-corrected chi connectivity index (χ1v) is 9.04. The van der Waals surface area contributed by atoms with Crippen molar-refractivity contribution in [3.63, 3.8) is 0 Å². The third kappa shape index (κ3) is 4.64. The summed E-state index contributed by atoms with van der Waals surface area (Å²) < 4.78 is 10.9. The third-order valence-corrected chi connectivity index (χ3v) is 4.62. The molecule has 132 valence electrons. The largest absolute Gasteiger partial charge is 0.496 e. The molecule has 0 spiro atoms. The van der Waals surface area contributed by atoms with Gasteiger partial charge in [-0.15, -0.1) is 0 Å². The van der Waals surface area contributed by atoms with E-state index in [2.05, 4.69) is 6.92 Å². The van der Waals surface area contributed by atoms with Gasteiger partial charge in [0.1, 0.15) is 11.5 Å². The van der Waals surface area contributed by atoms with Crippen LogP contribution in [0.2, 0.25) is 0 Å². The molecule has 0 bridgehead atoms. The van der Waals surface area contributed by atoms with Gasteiger partial charge in [-0.3, -0.25) is 0 Å². The molecule has 0 radical (unpaired) electrons. The van der Waals surface area contributed by atoms with Crippen LogP contribution >= 0.6 is 0 Å². The summed E-state index contributed by atoms with van der Waals surface area (Å²) in [7, 11) is 3.34. The van der Waals surface area contributed by atoms with Crippen LogP contribution in [0, 0.1) is 0 Å². The Kier molecular flexibility index (Phi) is 7.38. The van der Waals surface area contributed by atoms with Gasteiger partial charge in [0.2, 0.25) is 0 Å². The molecule has 0 heterocycles. The first-order valence-electron chi connectivity index (χ1n) is 9.04. The third-order valence-electron chi connectivity index (χ3n) is 4.62. The summed E-state index contributed by atoms with van der Waals surface area (Å²) in [5, 5.41) is 12.5. The van der Waals surface area contributed by atoms with Crippen LogP contribution in [0.25, 0.3) is 10.8 Å². The van der Waals surface area contributed by atoms with Crippen LogP contribution in [0.5, 0.6) is 11.5 Å². The Balaban J connectivity index is 2.06. The number of ether oxygens (including phenoxy) is 2. The Morgan fingerprint density at radius 1 is 0.833 bits per heavy atom. The lowest BCUT2D eigenvalue weighted by molar-refractivity contribution is 0.163. The normalized spacial score (nSPS) is 12.3. The van der Waals surface area contributed by atoms with Gasteiger partial charge in [0, 0.05) is 10.8 Å². The van der Waals surface area contributed by atoms with Crippen molar-refractivity contribution in [1.82, 2.24) is 0 Å². The van der Waals surface area contributed by atoms with Crippen molar-refractivity contribution in [1.29, 1.82) is 0 Å². The van der Waals surface area contributed by atoms with Crippen molar-refractivity contribution in [2.75, 3.05) is 14.2 Å². The minimum atomic E-state index is -0.420. The molecule has 0 aliphatic carbocycles. The molecular formula is C21H30O3. The number of methoxy groups -OCH3 is 2. The van der Waals surface area contributed by atoms with Crippen molar-refractivity contribution in [3.8, 4) is 11.5 Å². The van der Waals surface area contributed by atoms with Gasteiger partial charge in [-0.2, -0.15) is 0 Å². The molecule has 0 fully saturated rings. The van der Waals surface area contributed by atoms with Gasteiger partial charge >= 0.3 is 0 Å². The van der Waals surface area contributed by atoms with Crippen molar-refractivity contribution in [2.24, 2.45) is 0 Å². The number of hydrogen-bond acceptors (Lipinski definition) is 3. The first kappa shape index (κ1) is 18.6. The topological polar surface area (TPSA) is 38.7 Å². The molecule has 24 heavy (non-hydrogen) atoms. The number of benzene rings is 2. The average Bonchev–Trinajstić information content (AvgIpc) is 2.62. The quantitative estimate of drug-likeness (QED) is 0.573. The van der Waals surface area contributed by atoms with E-state index in [4.69, 9.17) is 9.47 Å². The summed E-state index contributed by atoms with van der Waals surface area (Å²) in [4.78, 5) is 0. The van der Waals surface area contributed by atoms with E-state index in [0.29, 0.717) is 0 Å². The van der Waals surface area contributed by atoms with Gasteiger partial charge in [0.05, 0.1) is 20.3 Å². The molecule has 1 N–H and O–H groups in total. The summed E-state index contributed by atoms with van der Waals surface area (Å²) in [5.74, 6) is 1.63. The lowest BCUT2D eigenvalue weighted by Gasteiger charge is -2.14. The lowest BCUT2D eigenvalue weighted by Crippen LogP contribution is -1.98. The number of rotatable bonds is 10. The maximum atomic E-state index is 10.5. The van der Waals surface area contributed by atoms with Crippen LogP contribution in [0.1, 0.15) is 63.5 Å². The van der Waals surface area contributed by atoms with Crippen LogP contribution < -0.4 is 9.47 Å². The van der Waals surface area contributed by atoms with E-state index < -0.39 is 6.10 Å².